The van der Waals surface area contributed by atoms with Crippen LogP contribution in [0.15, 0.2) is 35.9 Å². The molecule has 7 nitrogen and oxygen atoms in total. The van der Waals surface area contributed by atoms with Crippen molar-refractivity contribution in [3.05, 3.63) is 70.6 Å². The first-order chi connectivity index (χ1) is 19.7. The number of carbonyl (C=O) groups is 4. The number of likely N-dealkylation sites (tertiary alicyclic amines) is 1. The third-order valence-corrected chi connectivity index (χ3v) is 10.3. The van der Waals surface area contributed by atoms with Crippen LogP contribution in [0.1, 0.15) is 31.2 Å². The van der Waals surface area contributed by atoms with Gasteiger partial charge in [-0.25, -0.2) is 26.9 Å². The number of carbonyl (C=O) groups excluding carboxylic acids is 4. The maximum Gasteiger partial charge on any atom is 0.258 e. The molecule has 2 aliphatic heterocycles. The van der Waals surface area contributed by atoms with E-state index in [1.54, 1.807) is 13.0 Å². The van der Waals surface area contributed by atoms with Gasteiger partial charge < -0.3 is 5.11 Å². The molecule has 1 saturated carbocycles. The van der Waals surface area contributed by atoms with Crippen molar-refractivity contribution in [2.75, 3.05) is 11.4 Å². The summed E-state index contributed by atoms with van der Waals surface area (Å²) in [4.78, 5) is 50.1. The summed E-state index contributed by atoms with van der Waals surface area (Å²) in [5, 5.41) is 9.88. The molecule has 3 fully saturated rings. The highest BCUT2D eigenvalue weighted by Gasteiger charge is 2.77. The number of hydrogen-bond donors (Lipinski definition) is 1. The molecule has 6 rings (SSSR count). The van der Waals surface area contributed by atoms with E-state index < -0.39 is 98.2 Å². The van der Waals surface area contributed by atoms with Gasteiger partial charge in [-0.3, -0.25) is 24.1 Å². The number of amides is 4. The first-order valence-corrected chi connectivity index (χ1v) is 13.6. The van der Waals surface area contributed by atoms with E-state index in [-0.39, 0.29) is 29.2 Å². The van der Waals surface area contributed by atoms with E-state index in [2.05, 4.69) is 0 Å². The smallest absolute Gasteiger partial charge is 0.258 e. The zero-order valence-electron chi connectivity index (χ0n) is 21.4. The minimum atomic E-state index is -2.59. The Labute approximate surface area is 244 Å². The normalized spacial score (nSPS) is 32.2. The summed E-state index contributed by atoms with van der Waals surface area (Å²) in [6, 6.07) is 5.20. The summed E-state index contributed by atoms with van der Waals surface area (Å²) in [6.07, 6.45) is 1.11. The predicted molar refractivity (Wildman–Crippen MR) is 137 cm³/mol. The fourth-order valence-electron chi connectivity index (χ4n) is 6.98. The van der Waals surface area contributed by atoms with Crippen LogP contribution in [0.3, 0.4) is 0 Å². The lowest BCUT2D eigenvalue weighted by molar-refractivity contribution is -0.140. The number of anilines is 1. The van der Waals surface area contributed by atoms with E-state index in [4.69, 9.17) is 23.2 Å². The Hall–Kier alpha value is -3.51. The van der Waals surface area contributed by atoms with Gasteiger partial charge in [0.2, 0.25) is 17.6 Å². The molecule has 4 amide bonds. The van der Waals surface area contributed by atoms with Gasteiger partial charge in [-0.2, -0.15) is 0 Å². The number of hydrogen-bond acceptors (Lipinski definition) is 5. The molecular formula is C28H19Cl2F5N2O5. The summed E-state index contributed by atoms with van der Waals surface area (Å²) in [5.74, 6) is -20.6. The van der Waals surface area contributed by atoms with Crippen molar-refractivity contribution in [2.45, 2.75) is 35.4 Å². The molecule has 1 N–H and O–H groups in total. The predicted octanol–water partition coefficient (Wildman–Crippen LogP) is 4.67. The van der Waals surface area contributed by atoms with Crippen molar-refractivity contribution < 1.29 is 46.2 Å². The molecule has 2 aliphatic carbocycles. The number of rotatable bonds is 3. The van der Waals surface area contributed by atoms with E-state index in [0.717, 1.165) is 4.90 Å². The first-order valence-electron chi connectivity index (χ1n) is 12.8. The van der Waals surface area contributed by atoms with Gasteiger partial charge in [0.05, 0.1) is 11.8 Å². The minimum Gasteiger partial charge on any atom is -0.508 e. The molecule has 42 heavy (non-hydrogen) atoms. The van der Waals surface area contributed by atoms with Crippen LogP contribution >= 0.6 is 23.2 Å². The maximum atomic E-state index is 15.0. The number of phenols is 1. The monoisotopic (exact) mass is 628 g/mol. The zero-order chi connectivity index (χ0) is 30.6. The van der Waals surface area contributed by atoms with Crippen LogP contribution in [0.4, 0.5) is 27.6 Å². The molecule has 2 heterocycles. The minimum absolute atomic E-state index is 0.0674. The fraction of sp³-hybridized carbons (Fsp3) is 0.357. The molecule has 14 heteroatoms. The molecule has 2 aromatic carbocycles. The Kier molecular flexibility index (Phi) is 6.29. The van der Waals surface area contributed by atoms with Crippen molar-refractivity contribution in [3.8, 4) is 5.75 Å². The quantitative estimate of drug-likeness (QED) is 0.133. The van der Waals surface area contributed by atoms with E-state index in [1.165, 1.54) is 24.3 Å². The number of fused-ring (bicyclic) bond motifs is 4. The first kappa shape index (κ1) is 28.6. The molecule has 220 valence electrons. The Balaban J connectivity index is 1.60. The number of alkyl halides is 2. The van der Waals surface area contributed by atoms with Gasteiger partial charge in [0.15, 0.2) is 33.0 Å². The summed E-state index contributed by atoms with van der Waals surface area (Å²) in [5.41, 5.74) is -1.29. The van der Waals surface area contributed by atoms with Gasteiger partial charge >= 0.3 is 0 Å². The molecule has 0 radical (unpaired) electrons. The van der Waals surface area contributed by atoms with E-state index in [0.29, 0.717) is 5.57 Å². The lowest BCUT2D eigenvalue weighted by Gasteiger charge is -2.50. The highest BCUT2D eigenvalue weighted by molar-refractivity contribution is 6.58. The average Bonchev–Trinajstić information content (AvgIpc) is 3.29. The van der Waals surface area contributed by atoms with Crippen LogP contribution in [0.25, 0.3) is 0 Å². The second-order valence-corrected chi connectivity index (χ2v) is 11.9. The molecule has 6 unspecified atom stereocenters. The Morgan fingerprint density at radius 1 is 0.857 bits per heavy atom. The number of halogens is 7. The van der Waals surface area contributed by atoms with Crippen molar-refractivity contribution >= 4 is 52.5 Å². The second kappa shape index (κ2) is 9.24. The highest BCUT2D eigenvalue weighted by Crippen LogP contribution is 2.66. The van der Waals surface area contributed by atoms with Gasteiger partial charge in [-0.1, -0.05) is 23.8 Å². The molecule has 4 aliphatic rings. The average molecular weight is 629 g/mol. The highest BCUT2D eigenvalue weighted by atomic mass is 35.5. The topological polar surface area (TPSA) is 95.0 Å². The van der Waals surface area contributed by atoms with Gasteiger partial charge in [-0.15, -0.1) is 23.2 Å². The molecule has 2 saturated heterocycles. The summed E-state index contributed by atoms with van der Waals surface area (Å²) in [6.45, 7) is 1.68. The van der Waals surface area contributed by atoms with Gasteiger partial charge in [0.25, 0.3) is 11.8 Å². The number of phenolic OH excluding ortho intramolecular Hbond substituents is 1. The van der Waals surface area contributed by atoms with Gasteiger partial charge in [0, 0.05) is 12.5 Å². The molecular weight excluding hydrogens is 610 g/mol. The SMILES string of the molecule is CCN1C(=O)C2CC=C3C(CC4(Cl)C(=O)N(c5c(F)c(F)c(F)c(F)c5F)C(=O)C4(Cl)C3c3ccc(O)cc3)C2C1=O. The number of aromatic hydroxyl groups is 1. The third kappa shape index (κ3) is 3.33. The Morgan fingerprint density at radius 2 is 1.43 bits per heavy atom. The summed E-state index contributed by atoms with van der Waals surface area (Å²) < 4.78 is 72.2. The lowest BCUT2D eigenvalue weighted by atomic mass is 9.56. The zero-order valence-corrected chi connectivity index (χ0v) is 22.9. The van der Waals surface area contributed by atoms with Crippen LogP contribution in [0.5, 0.6) is 5.75 Å². The number of imide groups is 2. The lowest BCUT2D eigenvalue weighted by Crippen LogP contribution is -2.60. The van der Waals surface area contributed by atoms with Crippen LogP contribution in [0.2, 0.25) is 0 Å². The number of benzene rings is 2. The van der Waals surface area contributed by atoms with Gasteiger partial charge in [-0.05, 0) is 43.4 Å². The fourth-order valence-corrected chi connectivity index (χ4v) is 7.92. The van der Waals surface area contributed by atoms with E-state index >= 15 is 0 Å². The summed E-state index contributed by atoms with van der Waals surface area (Å²) in [7, 11) is 0. The van der Waals surface area contributed by atoms with Crippen molar-refractivity contribution in [1.29, 1.82) is 0 Å². The van der Waals surface area contributed by atoms with E-state index in [1.807, 2.05) is 0 Å². The summed E-state index contributed by atoms with van der Waals surface area (Å²) >= 11 is 14.0. The Morgan fingerprint density at radius 3 is 2.00 bits per heavy atom. The van der Waals surface area contributed by atoms with Crippen molar-refractivity contribution in [1.82, 2.24) is 4.90 Å². The maximum absolute atomic E-state index is 15.0. The third-order valence-electron chi connectivity index (χ3n) is 8.86. The van der Waals surface area contributed by atoms with Crippen LogP contribution in [0, 0.1) is 46.8 Å². The molecule has 0 spiro atoms. The van der Waals surface area contributed by atoms with Gasteiger partial charge in [0.1, 0.15) is 11.4 Å². The van der Waals surface area contributed by atoms with Crippen molar-refractivity contribution in [3.63, 3.8) is 0 Å². The molecule has 2 aromatic rings. The largest absolute Gasteiger partial charge is 0.508 e. The van der Waals surface area contributed by atoms with Crippen molar-refractivity contribution in [2.24, 2.45) is 17.8 Å². The van der Waals surface area contributed by atoms with Crippen LogP contribution in [-0.4, -0.2) is 49.9 Å². The molecule has 0 bridgehead atoms. The molecule has 0 aromatic heterocycles. The molecule has 6 atom stereocenters. The van der Waals surface area contributed by atoms with E-state index in [9.17, 15) is 46.2 Å². The Bertz CT molecular complexity index is 1620. The van der Waals surface area contributed by atoms with Crippen LogP contribution in [-0.2, 0) is 19.2 Å². The number of allylic oxidation sites excluding steroid dienone is 2. The number of nitrogens with zero attached hydrogens (tertiary/aromatic N) is 2. The second-order valence-electron chi connectivity index (χ2n) is 10.7. The van der Waals surface area contributed by atoms with Crippen LogP contribution < -0.4 is 4.90 Å². The standard InChI is InChI=1S/C28H19Cl2F5N2O5/c1-2-36-23(39)13-8-7-12-14(15(13)24(36)40)9-27(29)25(41)37(22-20(34)18(32)17(31)19(33)21(22)35)26(42)28(27,30)16(12)10-3-5-11(38)6-4-10/h3-7,13-16,38H,2,8-9H2,1H3.